The molecule has 0 unspecified atom stereocenters. The number of thioether (sulfide) groups is 1. The molecule has 2 amide bonds. The minimum atomic E-state index is -0.800. The van der Waals surface area contributed by atoms with E-state index in [0.29, 0.717) is 16.3 Å². The normalized spacial score (nSPS) is 14.0. The number of nitro groups is 2. The van der Waals surface area contributed by atoms with E-state index in [-0.39, 0.29) is 35.3 Å². The fourth-order valence-electron chi connectivity index (χ4n) is 3.46. The SMILES string of the molecule is COc1ccc(/C=C2\SC(=O)N(CCOc3ccc(Cl)cc3)C2=O)cc1Oc1ccc([N+](=O)[O-])cc1[N+](=O)[O-]. The topological polar surface area (TPSA) is 151 Å². The standard InChI is InChI=1S/C25H18ClN3O9S/c1-36-21-8-2-15(12-22(21)38-20-9-5-17(28(32)33)14-19(20)29(34)35)13-23-24(30)27(25(31)39-23)10-11-37-18-6-3-16(26)4-7-18/h2-9,12-14H,10-11H2,1H3/b23-13-. The fourth-order valence-corrected chi connectivity index (χ4v) is 4.45. The van der Waals surface area contributed by atoms with Crippen LogP contribution in [0.15, 0.2) is 65.6 Å². The number of methoxy groups -OCH3 is 1. The molecule has 3 aromatic rings. The Balaban J connectivity index is 1.52. The lowest BCUT2D eigenvalue weighted by molar-refractivity contribution is -0.394. The van der Waals surface area contributed by atoms with Gasteiger partial charge in [-0.25, -0.2) is 0 Å². The molecule has 3 aromatic carbocycles. The Kier molecular flexibility index (Phi) is 8.32. The molecule has 0 aromatic heterocycles. The van der Waals surface area contributed by atoms with E-state index in [1.54, 1.807) is 30.3 Å². The van der Waals surface area contributed by atoms with Gasteiger partial charge in [-0.2, -0.15) is 0 Å². The first-order valence-corrected chi connectivity index (χ1v) is 12.3. The fraction of sp³-hybridized carbons (Fsp3) is 0.120. The highest BCUT2D eigenvalue weighted by atomic mass is 35.5. The highest BCUT2D eigenvalue weighted by Crippen LogP contribution is 2.39. The van der Waals surface area contributed by atoms with E-state index < -0.39 is 32.4 Å². The maximum absolute atomic E-state index is 12.9. The number of non-ortho nitro benzene ring substituents is 1. The van der Waals surface area contributed by atoms with Crippen LogP contribution in [-0.4, -0.2) is 46.2 Å². The predicted octanol–water partition coefficient (Wildman–Crippen LogP) is 6.07. The van der Waals surface area contributed by atoms with Crippen molar-refractivity contribution < 1.29 is 33.6 Å². The van der Waals surface area contributed by atoms with Gasteiger partial charge in [-0.05, 0) is 65.9 Å². The van der Waals surface area contributed by atoms with Gasteiger partial charge in [0.25, 0.3) is 16.8 Å². The lowest BCUT2D eigenvalue weighted by Gasteiger charge is -2.13. The van der Waals surface area contributed by atoms with Crippen molar-refractivity contribution in [1.82, 2.24) is 4.90 Å². The summed E-state index contributed by atoms with van der Waals surface area (Å²) in [5.74, 6) is 0.0584. The third-order valence-electron chi connectivity index (χ3n) is 5.33. The van der Waals surface area contributed by atoms with Gasteiger partial charge in [-0.15, -0.1) is 0 Å². The van der Waals surface area contributed by atoms with Gasteiger partial charge in [0.05, 0.1) is 34.5 Å². The summed E-state index contributed by atoms with van der Waals surface area (Å²) in [4.78, 5) is 47.5. The minimum absolute atomic E-state index is 0.0332. The molecule has 4 rings (SSSR count). The molecule has 12 nitrogen and oxygen atoms in total. The Labute approximate surface area is 230 Å². The number of rotatable bonds is 10. The monoisotopic (exact) mass is 571 g/mol. The van der Waals surface area contributed by atoms with Gasteiger partial charge >= 0.3 is 5.69 Å². The maximum atomic E-state index is 12.9. The first-order valence-electron chi connectivity index (χ1n) is 11.1. The Morgan fingerprint density at radius 1 is 0.949 bits per heavy atom. The Morgan fingerprint density at radius 2 is 1.67 bits per heavy atom. The van der Waals surface area contributed by atoms with Crippen molar-refractivity contribution in [3.05, 3.63) is 96.4 Å². The minimum Gasteiger partial charge on any atom is -0.493 e. The van der Waals surface area contributed by atoms with Gasteiger partial charge in [0.1, 0.15) is 12.4 Å². The van der Waals surface area contributed by atoms with Gasteiger partial charge in [0.15, 0.2) is 11.5 Å². The summed E-state index contributed by atoms with van der Waals surface area (Å²) in [6.45, 7) is 0.118. The number of carbonyl (C=O) groups excluding carboxylic acids is 2. The Bertz CT molecular complexity index is 1490. The molecule has 0 spiro atoms. The summed E-state index contributed by atoms with van der Waals surface area (Å²) in [7, 11) is 1.36. The van der Waals surface area contributed by atoms with Crippen molar-refractivity contribution in [2.45, 2.75) is 0 Å². The summed E-state index contributed by atoms with van der Waals surface area (Å²) in [5.41, 5.74) is -0.638. The molecule has 0 atom stereocenters. The highest BCUT2D eigenvalue weighted by Gasteiger charge is 2.35. The summed E-state index contributed by atoms with van der Waals surface area (Å²) >= 11 is 6.60. The molecule has 0 radical (unpaired) electrons. The van der Waals surface area contributed by atoms with E-state index in [0.717, 1.165) is 34.9 Å². The van der Waals surface area contributed by atoms with Crippen molar-refractivity contribution in [2.24, 2.45) is 0 Å². The second kappa shape index (κ2) is 11.8. The van der Waals surface area contributed by atoms with E-state index in [9.17, 15) is 29.8 Å². The van der Waals surface area contributed by atoms with Gasteiger partial charge in [-0.1, -0.05) is 17.7 Å². The van der Waals surface area contributed by atoms with Crippen LogP contribution in [0.5, 0.6) is 23.0 Å². The molecule has 0 N–H and O–H groups in total. The molecular formula is C25H18ClN3O9S. The second-order valence-corrected chi connectivity index (χ2v) is 9.24. The van der Waals surface area contributed by atoms with Crippen molar-refractivity contribution >= 4 is 52.0 Å². The van der Waals surface area contributed by atoms with Gasteiger partial charge in [-0.3, -0.25) is 34.7 Å². The molecule has 0 aliphatic carbocycles. The Morgan fingerprint density at radius 3 is 2.33 bits per heavy atom. The van der Waals surface area contributed by atoms with E-state index >= 15 is 0 Å². The van der Waals surface area contributed by atoms with Crippen LogP contribution in [0.3, 0.4) is 0 Å². The molecule has 1 saturated heterocycles. The average Bonchev–Trinajstić information content (AvgIpc) is 3.17. The summed E-state index contributed by atoms with van der Waals surface area (Å²) < 4.78 is 16.5. The third kappa shape index (κ3) is 6.45. The number of amides is 2. The van der Waals surface area contributed by atoms with Crippen molar-refractivity contribution in [3.63, 3.8) is 0 Å². The van der Waals surface area contributed by atoms with E-state index in [1.165, 1.54) is 25.3 Å². The number of nitro benzene ring substituents is 2. The zero-order valence-corrected chi connectivity index (χ0v) is 21.6. The number of carbonyl (C=O) groups is 2. The van der Waals surface area contributed by atoms with Crippen LogP contribution in [0.4, 0.5) is 16.2 Å². The molecule has 39 heavy (non-hydrogen) atoms. The number of hydrogen-bond acceptors (Lipinski definition) is 10. The van der Waals surface area contributed by atoms with Crippen molar-refractivity contribution in [3.8, 4) is 23.0 Å². The molecule has 200 valence electrons. The van der Waals surface area contributed by atoms with Crippen LogP contribution in [-0.2, 0) is 4.79 Å². The Hall–Kier alpha value is -4.62. The van der Waals surface area contributed by atoms with E-state index in [2.05, 4.69) is 0 Å². The number of hydrogen-bond donors (Lipinski definition) is 0. The largest absolute Gasteiger partial charge is 0.493 e. The molecule has 1 fully saturated rings. The zero-order chi connectivity index (χ0) is 28.1. The molecule has 1 aliphatic rings. The highest BCUT2D eigenvalue weighted by molar-refractivity contribution is 8.18. The van der Waals surface area contributed by atoms with Gasteiger partial charge in [0.2, 0.25) is 5.75 Å². The number of imide groups is 1. The third-order valence-corrected chi connectivity index (χ3v) is 6.49. The van der Waals surface area contributed by atoms with Gasteiger partial charge in [0, 0.05) is 11.1 Å². The molecule has 1 heterocycles. The first kappa shape index (κ1) is 27.4. The van der Waals surface area contributed by atoms with Crippen LogP contribution in [0.1, 0.15) is 5.56 Å². The quantitative estimate of drug-likeness (QED) is 0.159. The lowest BCUT2D eigenvalue weighted by atomic mass is 10.1. The molecule has 14 heteroatoms. The second-order valence-electron chi connectivity index (χ2n) is 7.81. The van der Waals surface area contributed by atoms with Crippen LogP contribution < -0.4 is 14.2 Å². The lowest BCUT2D eigenvalue weighted by Crippen LogP contribution is -2.32. The summed E-state index contributed by atoms with van der Waals surface area (Å²) in [5, 5.41) is 22.6. The first-order chi connectivity index (χ1) is 18.7. The molecule has 0 bridgehead atoms. The number of ether oxygens (including phenoxy) is 3. The summed E-state index contributed by atoms with van der Waals surface area (Å²) in [6.07, 6.45) is 1.47. The van der Waals surface area contributed by atoms with Crippen LogP contribution in [0.2, 0.25) is 5.02 Å². The molecule has 1 aliphatic heterocycles. The predicted molar refractivity (Wildman–Crippen MR) is 142 cm³/mol. The van der Waals surface area contributed by atoms with Crippen LogP contribution >= 0.6 is 23.4 Å². The van der Waals surface area contributed by atoms with Gasteiger partial charge < -0.3 is 14.2 Å². The maximum Gasteiger partial charge on any atom is 0.318 e. The molecule has 0 saturated carbocycles. The zero-order valence-electron chi connectivity index (χ0n) is 20.1. The van der Waals surface area contributed by atoms with E-state index in [4.69, 9.17) is 25.8 Å². The van der Waals surface area contributed by atoms with Crippen LogP contribution in [0.25, 0.3) is 6.08 Å². The van der Waals surface area contributed by atoms with E-state index in [1.807, 2.05) is 0 Å². The number of nitrogens with zero attached hydrogens (tertiary/aromatic N) is 3. The average molecular weight is 572 g/mol. The molecular weight excluding hydrogens is 554 g/mol. The number of benzene rings is 3. The number of halogens is 1. The summed E-state index contributed by atoms with van der Waals surface area (Å²) in [6, 6.07) is 14.2. The smallest absolute Gasteiger partial charge is 0.318 e. The van der Waals surface area contributed by atoms with Crippen molar-refractivity contribution in [2.75, 3.05) is 20.3 Å². The van der Waals surface area contributed by atoms with Crippen LogP contribution in [0, 0.1) is 20.2 Å². The van der Waals surface area contributed by atoms with Crippen molar-refractivity contribution in [1.29, 1.82) is 0 Å².